The normalized spacial score (nSPS) is 21.1. The van der Waals surface area contributed by atoms with Crippen LogP contribution in [0.2, 0.25) is 0 Å². The molecule has 10 heteroatoms. The number of hydrogen-bond acceptors (Lipinski definition) is 6. The van der Waals surface area contributed by atoms with Crippen molar-refractivity contribution in [1.82, 2.24) is 20.5 Å². The van der Waals surface area contributed by atoms with E-state index in [1.54, 1.807) is 24.4 Å². The number of nitrogens with zero attached hydrogens (tertiary/aromatic N) is 2. The highest BCUT2D eigenvalue weighted by Crippen LogP contribution is 2.35. The van der Waals surface area contributed by atoms with Crippen molar-refractivity contribution < 1.29 is 18.0 Å². The van der Waals surface area contributed by atoms with Gasteiger partial charge in [-0.3, -0.25) is 24.2 Å². The van der Waals surface area contributed by atoms with Gasteiger partial charge in [-0.05, 0) is 56.9 Å². The zero-order valence-corrected chi connectivity index (χ0v) is 21.0. The number of carbonyl (C=O) groups is 2. The molecule has 1 saturated heterocycles. The Kier molecular flexibility index (Phi) is 7.71. The average Bonchev–Trinajstić information content (AvgIpc) is 2.79. The van der Waals surface area contributed by atoms with Gasteiger partial charge in [-0.2, -0.15) is 0 Å². The van der Waals surface area contributed by atoms with E-state index in [2.05, 4.69) is 25.2 Å². The van der Waals surface area contributed by atoms with Crippen molar-refractivity contribution >= 4 is 27.5 Å². The maximum absolute atomic E-state index is 12.2. The summed E-state index contributed by atoms with van der Waals surface area (Å²) < 4.78 is 25.1. The van der Waals surface area contributed by atoms with Gasteiger partial charge in [0.15, 0.2) is 0 Å². The Bertz CT molecular complexity index is 1150. The van der Waals surface area contributed by atoms with Crippen molar-refractivity contribution in [3.8, 4) is 0 Å². The van der Waals surface area contributed by atoms with Crippen LogP contribution in [-0.2, 0) is 14.8 Å². The van der Waals surface area contributed by atoms with E-state index in [4.69, 9.17) is 0 Å². The van der Waals surface area contributed by atoms with Crippen molar-refractivity contribution in [2.75, 3.05) is 30.6 Å². The highest BCUT2D eigenvalue weighted by molar-refractivity contribution is 7.92. The lowest BCUT2D eigenvalue weighted by Gasteiger charge is -2.46. The maximum Gasteiger partial charge on any atom is 0.251 e. The maximum atomic E-state index is 12.2. The minimum Gasteiger partial charge on any atom is -0.349 e. The largest absolute Gasteiger partial charge is 0.349 e. The van der Waals surface area contributed by atoms with Crippen molar-refractivity contribution in [1.29, 1.82) is 0 Å². The number of hydrogen-bond donors (Lipinski definition) is 3. The van der Waals surface area contributed by atoms with Gasteiger partial charge < -0.3 is 10.6 Å². The lowest BCUT2D eigenvalue weighted by molar-refractivity contribution is -0.122. The summed E-state index contributed by atoms with van der Waals surface area (Å²) in [6.45, 7) is 3.56. The van der Waals surface area contributed by atoms with E-state index in [9.17, 15) is 18.0 Å². The molecule has 2 heterocycles. The number of nitrogens with one attached hydrogen (secondary N) is 3. The van der Waals surface area contributed by atoms with E-state index in [-0.39, 0.29) is 24.4 Å². The van der Waals surface area contributed by atoms with Crippen molar-refractivity contribution in [3.63, 3.8) is 0 Å². The van der Waals surface area contributed by atoms with Gasteiger partial charge in [-0.25, -0.2) is 8.42 Å². The number of likely N-dealkylation sites (tertiary alicyclic amines) is 1. The Balaban J connectivity index is 1.15. The summed E-state index contributed by atoms with van der Waals surface area (Å²) in [6.07, 6.45) is 6.92. The molecule has 9 nitrogen and oxygen atoms in total. The number of anilines is 1. The smallest absolute Gasteiger partial charge is 0.251 e. The van der Waals surface area contributed by atoms with Crippen LogP contribution in [-0.4, -0.2) is 68.1 Å². The number of rotatable bonds is 8. The molecule has 4 rings (SSSR count). The molecule has 0 atom stereocenters. The predicted octanol–water partition coefficient (Wildman–Crippen LogP) is 2.02. The molecule has 1 aliphatic carbocycles. The highest BCUT2D eigenvalue weighted by Gasteiger charge is 2.35. The molecule has 3 N–H and O–H groups in total. The van der Waals surface area contributed by atoms with Crippen LogP contribution in [0.5, 0.6) is 0 Å². The van der Waals surface area contributed by atoms with Gasteiger partial charge in [-0.1, -0.05) is 17.7 Å². The molecule has 2 amide bonds. The molecule has 0 spiro atoms. The Morgan fingerprint density at radius 2 is 1.83 bits per heavy atom. The standard InChI is InChI=1S/C25H33N5O4S/c1-17-4-3-5-19(12-17)25(32)27-14-24(31)28-21-15-30(16-21)22-9-6-18(7-10-22)23-11-8-20(13-26-23)29-35(2,33)34/h3-5,8,11-13,18,21-22,29H,6-7,9-10,14-16H2,1-2H3,(H,27,32)(H,28,31)/t18-,22+. The van der Waals surface area contributed by atoms with Crippen LogP contribution in [0, 0.1) is 6.92 Å². The fourth-order valence-corrected chi connectivity index (χ4v) is 5.44. The molecule has 2 aromatic rings. The number of benzene rings is 1. The second-order valence-corrected chi connectivity index (χ2v) is 11.4. The number of amides is 2. The zero-order chi connectivity index (χ0) is 25.0. The lowest BCUT2D eigenvalue weighted by Crippen LogP contribution is -2.63. The Hall–Kier alpha value is -2.98. The van der Waals surface area contributed by atoms with E-state index in [1.165, 1.54) is 0 Å². The summed E-state index contributed by atoms with van der Waals surface area (Å²) >= 11 is 0. The van der Waals surface area contributed by atoms with Gasteiger partial charge in [0.1, 0.15) is 0 Å². The molecular formula is C25H33N5O4S. The van der Waals surface area contributed by atoms with Gasteiger partial charge in [0.25, 0.3) is 5.91 Å². The van der Waals surface area contributed by atoms with E-state index in [1.807, 2.05) is 25.1 Å². The van der Waals surface area contributed by atoms with Crippen LogP contribution in [0.4, 0.5) is 5.69 Å². The predicted molar refractivity (Wildman–Crippen MR) is 135 cm³/mol. The topological polar surface area (TPSA) is 120 Å². The van der Waals surface area contributed by atoms with E-state index in [0.717, 1.165) is 56.3 Å². The third kappa shape index (κ3) is 7.02. The molecule has 1 aromatic carbocycles. The molecule has 188 valence electrons. The summed E-state index contributed by atoms with van der Waals surface area (Å²) in [5.74, 6) is -0.0294. The summed E-state index contributed by atoms with van der Waals surface area (Å²) in [6, 6.07) is 11.6. The third-order valence-electron chi connectivity index (χ3n) is 6.69. The third-order valence-corrected chi connectivity index (χ3v) is 7.29. The minimum absolute atomic E-state index is 0.0279. The highest BCUT2D eigenvalue weighted by atomic mass is 32.2. The van der Waals surface area contributed by atoms with Gasteiger partial charge in [-0.15, -0.1) is 0 Å². The first-order valence-electron chi connectivity index (χ1n) is 12.0. The number of aryl methyl sites for hydroxylation is 1. The molecule has 2 fully saturated rings. The molecule has 35 heavy (non-hydrogen) atoms. The van der Waals surface area contributed by atoms with Gasteiger partial charge in [0.05, 0.1) is 30.7 Å². The van der Waals surface area contributed by atoms with Gasteiger partial charge in [0.2, 0.25) is 15.9 Å². The van der Waals surface area contributed by atoms with Crippen molar-refractivity contribution in [2.45, 2.75) is 50.6 Å². The summed E-state index contributed by atoms with van der Waals surface area (Å²) in [7, 11) is -3.30. The van der Waals surface area contributed by atoms with Crippen LogP contribution in [0.25, 0.3) is 0 Å². The summed E-state index contributed by atoms with van der Waals surface area (Å²) in [5, 5.41) is 5.69. The van der Waals surface area contributed by atoms with E-state index in [0.29, 0.717) is 23.2 Å². The fourth-order valence-electron chi connectivity index (χ4n) is 4.89. The van der Waals surface area contributed by atoms with Crippen LogP contribution in [0.3, 0.4) is 0 Å². The number of pyridine rings is 1. The lowest BCUT2D eigenvalue weighted by atomic mass is 9.82. The summed E-state index contributed by atoms with van der Waals surface area (Å²) in [4.78, 5) is 31.3. The van der Waals surface area contributed by atoms with Crippen molar-refractivity contribution in [3.05, 3.63) is 59.4 Å². The molecule has 0 bridgehead atoms. The fraction of sp³-hybridized carbons (Fsp3) is 0.480. The molecule has 0 unspecified atom stereocenters. The molecular weight excluding hydrogens is 466 g/mol. The van der Waals surface area contributed by atoms with Crippen LogP contribution in [0.15, 0.2) is 42.6 Å². The molecule has 0 radical (unpaired) electrons. The SMILES string of the molecule is Cc1cccc(C(=O)NCC(=O)NC2CN([C@H]3CC[C@@H](c4ccc(NS(C)(=O)=O)cn4)CC3)C2)c1. The van der Waals surface area contributed by atoms with E-state index < -0.39 is 10.0 Å². The first-order chi connectivity index (χ1) is 16.7. The Morgan fingerprint density at radius 1 is 1.09 bits per heavy atom. The second kappa shape index (κ2) is 10.7. The molecule has 2 aliphatic rings. The molecule has 1 aromatic heterocycles. The molecule has 1 aliphatic heterocycles. The number of sulfonamides is 1. The first kappa shape index (κ1) is 25.1. The van der Waals surface area contributed by atoms with Crippen molar-refractivity contribution in [2.24, 2.45) is 0 Å². The average molecular weight is 500 g/mol. The first-order valence-corrected chi connectivity index (χ1v) is 13.9. The van der Waals surface area contributed by atoms with Gasteiger partial charge in [0, 0.05) is 36.3 Å². The minimum atomic E-state index is -3.30. The summed E-state index contributed by atoms with van der Waals surface area (Å²) in [5.41, 5.74) is 3.04. The van der Waals surface area contributed by atoms with E-state index >= 15 is 0 Å². The molecule has 1 saturated carbocycles. The monoisotopic (exact) mass is 499 g/mol. The second-order valence-electron chi connectivity index (χ2n) is 9.62. The number of carbonyl (C=O) groups excluding carboxylic acids is 2. The van der Waals surface area contributed by atoms with Crippen LogP contribution < -0.4 is 15.4 Å². The Morgan fingerprint density at radius 3 is 2.46 bits per heavy atom. The van der Waals surface area contributed by atoms with Gasteiger partial charge >= 0.3 is 0 Å². The Labute approximate surface area is 206 Å². The quantitative estimate of drug-likeness (QED) is 0.511. The van der Waals surface area contributed by atoms with Crippen LogP contribution in [0.1, 0.15) is 53.2 Å². The number of aromatic nitrogens is 1. The van der Waals surface area contributed by atoms with Crippen LogP contribution >= 0.6 is 0 Å². The zero-order valence-electron chi connectivity index (χ0n) is 20.2.